The number of alkyl halides is 6. The largest absolute Gasteiger partial charge is 0.597 e. The Kier molecular flexibility index (Phi) is 11.6. The first-order valence-electron chi connectivity index (χ1n) is 16.5. The molecule has 11 nitrogen and oxygen atoms in total. The predicted octanol–water partition coefficient (Wildman–Crippen LogP) is 2.69. The van der Waals surface area contributed by atoms with Crippen molar-refractivity contribution in [1.82, 2.24) is 35.8 Å². The maximum Gasteiger partial charge on any atom is 0.411 e. The van der Waals surface area contributed by atoms with Crippen molar-refractivity contribution in [3.8, 4) is 0 Å². The van der Waals surface area contributed by atoms with E-state index < -0.39 is 65.5 Å². The molecule has 46 heavy (non-hydrogen) atoms. The minimum atomic E-state index is -4.58. The van der Waals surface area contributed by atoms with Gasteiger partial charge in [-0.1, -0.05) is 17.6 Å². The summed E-state index contributed by atoms with van der Waals surface area (Å²) in [5, 5.41) is 14.7. The van der Waals surface area contributed by atoms with Crippen LogP contribution in [0.5, 0.6) is 0 Å². The Hall–Kier alpha value is -1.12. The highest BCUT2D eigenvalue weighted by Gasteiger charge is 2.48. The molecule has 0 aromatic carbocycles. The standard InChI is InChI=1S/C28H47F6N7O4S/c1-2-23(42)41-13-8-17-14-21(6-7-22(17)41)46(43,44)40-11-9-19(10-12-40)35-24-37-25(39-26(38-24)45-16-27(29,30)31)36-20-5-3-4-18(15-20)28(32,33)34/h17-22,24-26,35-39H,2-16H2,1H3. The summed E-state index contributed by atoms with van der Waals surface area (Å²) in [6.07, 6.45) is -7.05. The SMILES string of the molecule is CCC(=O)N1CCC2CC([S+](=O)([O-])N3CCC(NC4NC(NC5CCCC(C(F)(F)F)C5)NC(OCC(F)(F)F)N4)CC3)CCC21. The van der Waals surface area contributed by atoms with Crippen LogP contribution in [-0.4, -0.2) is 101 Å². The number of amides is 1. The van der Waals surface area contributed by atoms with Crippen molar-refractivity contribution in [2.45, 2.75) is 132 Å². The zero-order chi connectivity index (χ0) is 33.3. The quantitative estimate of drug-likeness (QED) is 0.183. The summed E-state index contributed by atoms with van der Waals surface area (Å²) in [6.45, 7) is 1.56. The Morgan fingerprint density at radius 2 is 1.57 bits per heavy atom. The number of hydrogen-bond acceptors (Lipinski definition) is 9. The minimum Gasteiger partial charge on any atom is -0.597 e. The molecule has 0 spiro atoms. The van der Waals surface area contributed by atoms with Crippen LogP contribution in [0.25, 0.3) is 0 Å². The average Bonchev–Trinajstić information content (AvgIpc) is 3.43. The highest BCUT2D eigenvalue weighted by Crippen LogP contribution is 2.41. The summed E-state index contributed by atoms with van der Waals surface area (Å²) < 4.78 is 112. The van der Waals surface area contributed by atoms with Crippen molar-refractivity contribution in [3.05, 3.63) is 0 Å². The molecular weight excluding hydrogens is 644 g/mol. The van der Waals surface area contributed by atoms with Crippen LogP contribution >= 0.6 is 0 Å². The van der Waals surface area contributed by atoms with Crippen molar-refractivity contribution in [1.29, 1.82) is 0 Å². The number of sulfonamides is 1. The Morgan fingerprint density at radius 1 is 0.891 bits per heavy atom. The van der Waals surface area contributed by atoms with Gasteiger partial charge in [0.15, 0.2) is 6.35 Å². The van der Waals surface area contributed by atoms with E-state index in [1.807, 2.05) is 11.8 Å². The summed E-state index contributed by atoms with van der Waals surface area (Å²) in [5.41, 5.74) is 0. The van der Waals surface area contributed by atoms with Crippen LogP contribution < -0.4 is 26.6 Å². The van der Waals surface area contributed by atoms with Crippen molar-refractivity contribution in [2.24, 2.45) is 11.8 Å². The smallest absolute Gasteiger partial charge is 0.411 e. The molecule has 0 radical (unpaired) electrons. The highest BCUT2D eigenvalue weighted by atomic mass is 32.3. The van der Waals surface area contributed by atoms with Gasteiger partial charge in [0.05, 0.1) is 5.92 Å². The van der Waals surface area contributed by atoms with Crippen LogP contribution in [0.2, 0.25) is 0 Å². The van der Waals surface area contributed by atoms with Crippen LogP contribution in [0.4, 0.5) is 26.3 Å². The Morgan fingerprint density at radius 3 is 2.20 bits per heavy atom. The molecule has 5 aliphatic rings. The molecule has 5 rings (SSSR count). The fourth-order valence-electron chi connectivity index (χ4n) is 7.86. The topological polar surface area (TPSA) is 133 Å². The first-order chi connectivity index (χ1) is 21.6. The van der Waals surface area contributed by atoms with Crippen LogP contribution in [0.3, 0.4) is 0 Å². The lowest BCUT2D eigenvalue weighted by molar-refractivity contribution is -0.199. The van der Waals surface area contributed by atoms with Gasteiger partial charge in [-0.2, -0.15) is 26.3 Å². The maximum absolute atomic E-state index is 13.6. The Balaban J connectivity index is 1.13. The first-order valence-corrected chi connectivity index (χ1v) is 18.0. The van der Waals surface area contributed by atoms with Gasteiger partial charge in [-0.25, -0.2) is 0 Å². The molecule has 2 saturated carbocycles. The number of nitrogens with zero attached hydrogens (tertiary/aromatic N) is 2. The number of halogens is 6. The molecule has 9 unspecified atom stereocenters. The Bertz CT molecular complexity index is 1080. The van der Waals surface area contributed by atoms with Gasteiger partial charge < -0.3 is 14.2 Å². The molecule has 0 aromatic heterocycles. The molecule has 1 amide bonds. The van der Waals surface area contributed by atoms with Gasteiger partial charge in [-0.05, 0) is 57.3 Å². The summed E-state index contributed by atoms with van der Waals surface area (Å²) >= 11 is 0. The number of carbonyl (C=O) groups excluding carboxylic acids is 1. The van der Waals surface area contributed by atoms with Gasteiger partial charge in [0.2, 0.25) is 5.91 Å². The molecule has 5 fully saturated rings. The Labute approximate surface area is 267 Å². The molecule has 3 heterocycles. The molecule has 3 saturated heterocycles. The van der Waals surface area contributed by atoms with E-state index in [9.17, 15) is 39.9 Å². The van der Waals surface area contributed by atoms with E-state index in [-0.39, 0.29) is 49.8 Å². The van der Waals surface area contributed by atoms with Gasteiger partial charge in [0.1, 0.15) is 34.8 Å². The van der Waals surface area contributed by atoms with Crippen molar-refractivity contribution < 1.29 is 44.6 Å². The average molecular weight is 692 g/mol. The summed E-state index contributed by atoms with van der Waals surface area (Å²) in [4.78, 5) is 14.2. The van der Waals surface area contributed by atoms with Gasteiger partial charge in [0, 0.05) is 50.6 Å². The van der Waals surface area contributed by atoms with Crippen molar-refractivity contribution in [3.63, 3.8) is 0 Å². The second kappa shape index (κ2) is 14.8. The second-order valence-corrected chi connectivity index (χ2v) is 15.5. The molecule has 266 valence electrons. The molecule has 0 aromatic rings. The van der Waals surface area contributed by atoms with E-state index in [1.54, 1.807) is 0 Å². The van der Waals surface area contributed by atoms with E-state index in [1.165, 1.54) is 4.31 Å². The van der Waals surface area contributed by atoms with Crippen LogP contribution in [0, 0.1) is 11.8 Å². The molecule has 5 N–H and O–H groups in total. The lowest BCUT2D eigenvalue weighted by atomic mass is 9.85. The van der Waals surface area contributed by atoms with Crippen molar-refractivity contribution >= 4 is 16.3 Å². The monoisotopic (exact) mass is 691 g/mol. The van der Waals surface area contributed by atoms with E-state index >= 15 is 0 Å². The normalized spacial score (nSPS) is 36.7. The van der Waals surface area contributed by atoms with E-state index in [2.05, 4.69) is 26.6 Å². The molecule has 2 aliphatic carbocycles. The summed E-state index contributed by atoms with van der Waals surface area (Å²) in [5.74, 6) is -1.14. The van der Waals surface area contributed by atoms with E-state index in [0.29, 0.717) is 57.9 Å². The number of fused-ring (bicyclic) bond motifs is 1. The minimum absolute atomic E-state index is 0.0467. The molecule has 3 aliphatic heterocycles. The molecule has 0 bridgehead atoms. The van der Waals surface area contributed by atoms with Crippen LogP contribution in [0.15, 0.2) is 0 Å². The number of hydrogen-bond donors (Lipinski definition) is 5. The van der Waals surface area contributed by atoms with Crippen molar-refractivity contribution in [2.75, 3.05) is 26.2 Å². The van der Waals surface area contributed by atoms with Gasteiger partial charge in [-0.3, -0.25) is 31.4 Å². The lowest BCUT2D eigenvalue weighted by Gasteiger charge is -2.44. The zero-order valence-electron chi connectivity index (χ0n) is 26.0. The lowest BCUT2D eigenvalue weighted by Crippen LogP contribution is -2.76. The summed E-state index contributed by atoms with van der Waals surface area (Å²) in [7, 11) is -3.55. The third-order valence-corrected chi connectivity index (χ3v) is 12.6. The van der Waals surface area contributed by atoms with Gasteiger partial charge >= 0.3 is 12.4 Å². The van der Waals surface area contributed by atoms with Crippen LogP contribution in [-0.2, 0) is 24.1 Å². The molecular formula is C28H47F6N7O4S. The summed E-state index contributed by atoms with van der Waals surface area (Å²) in [6, 6.07) is -0.567. The van der Waals surface area contributed by atoms with E-state index in [0.717, 1.165) is 6.42 Å². The molecule has 18 heteroatoms. The van der Waals surface area contributed by atoms with E-state index in [4.69, 9.17) is 4.74 Å². The number of carbonyl (C=O) groups is 1. The third-order valence-electron chi connectivity index (χ3n) is 10.2. The number of piperidine rings is 1. The number of likely N-dealkylation sites (tertiary alicyclic amines) is 1. The fraction of sp³-hybridized carbons (Fsp3) is 0.964. The first kappa shape index (κ1) is 36.2. The number of ether oxygens (including phenoxy) is 1. The zero-order valence-corrected chi connectivity index (χ0v) is 26.8. The number of nitrogens with one attached hydrogen (secondary N) is 5. The molecule has 9 atom stereocenters. The predicted molar refractivity (Wildman–Crippen MR) is 156 cm³/mol. The van der Waals surface area contributed by atoms with Gasteiger partial charge in [0.25, 0.3) is 0 Å². The third kappa shape index (κ3) is 9.11. The maximum atomic E-state index is 13.6. The van der Waals surface area contributed by atoms with Crippen LogP contribution in [0.1, 0.15) is 77.6 Å². The fourth-order valence-corrected chi connectivity index (χ4v) is 9.92. The second-order valence-electron chi connectivity index (χ2n) is 13.3. The highest BCUT2D eigenvalue weighted by molar-refractivity contribution is 7.96. The number of rotatable bonds is 9. The van der Waals surface area contributed by atoms with Gasteiger partial charge in [-0.15, -0.1) is 4.31 Å².